The van der Waals surface area contributed by atoms with E-state index in [0.717, 1.165) is 11.0 Å². The van der Waals surface area contributed by atoms with Gasteiger partial charge in [-0.3, -0.25) is 29.4 Å². The van der Waals surface area contributed by atoms with E-state index in [-0.39, 0.29) is 35.4 Å². The quantitative estimate of drug-likeness (QED) is 0.237. The molecule has 2 amide bonds. The fraction of sp³-hybridized carbons (Fsp3) is 0.158. The summed E-state index contributed by atoms with van der Waals surface area (Å²) in [6.45, 7) is -0.289. The van der Waals surface area contributed by atoms with Crippen LogP contribution in [0.4, 0.5) is 5.69 Å². The average molecular weight is 398 g/mol. The van der Waals surface area contributed by atoms with Gasteiger partial charge in [0.2, 0.25) is 0 Å². The van der Waals surface area contributed by atoms with Gasteiger partial charge in [-0.15, -0.1) is 0 Å². The lowest BCUT2D eigenvalue weighted by atomic mass is 10.1. The van der Waals surface area contributed by atoms with Crippen molar-refractivity contribution in [1.29, 1.82) is 0 Å². The van der Waals surface area contributed by atoms with Crippen molar-refractivity contribution in [2.75, 3.05) is 13.7 Å². The molecule has 0 aromatic heterocycles. The van der Waals surface area contributed by atoms with Gasteiger partial charge in [-0.25, -0.2) is 4.79 Å². The third-order valence-electron chi connectivity index (χ3n) is 4.22. The molecule has 1 aliphatic rings. The standard InChI is InChI=1S/C19H14N2O8/c1-28-19(25)11-5-7-12(8-6-11)29-15(22)9-10-20-17(23)13-3-2-4-14(21(26)27)16(13)18(20)24/h2-8H,9-10H2,1H3. The molecule has 148 valence electrons. The van der Waals surface area contributed by atoms with Gasteiger partial charge in [0, 0.05) is 12.6 Å². The van der Waals surface area contributed by atoms with Crippen LogP contribution in [0.1, 0.15) is 37.5 Å². The van der Waals surface area contributed by atoms with Crippen LogP contribution in [0.25, 0.3) is 0 Å². The molecule has 10 heteroatoms. The van der Waals surface area contributed by atoms with Gasteiger partial charge in [0.05, 0.1) is 29.6 Å². The van der Waals surface area contributed by atoms with Crippen LogP contribution in [0.5, 0.6) is 5.75 Å². The molecular weight excluding hydrogens is 384 g/mol. The molecule has 2 aromatic carbocycles. The number of carbonyl (C=O) groups is 4. The first-order chi connectivity index (χ1) is 13.8. The third kappa shape index (κ3) is 3.81. The molecule has 1 heterocycles. The Morgan fingerprint density at radius 3 is 2.38 bits per heavy atom. The Labute approximate surface area is 163 Å². The van der Waals surface area contributed by atoms with E-state index in [1.165, 1.54) is 43.5 Å². The molecule has 0 unspecified atom stereocenters. The van der Waals surface area contributed by atoms with Gasteiger partial charge in [0.25, 0.3) is 17.5 Å². The number of amides is 2. The number of nitro groups is 1. The van der Waals surface area contributed by atoms with E-state index in [4.69, 9.17) is 4.74 Å². The van der Waals surface area contributed by atoms with Crippen LogP contribution in [-0.2, 0) is 9.53 Å². The predicted molar refractivity (Wildman–Crippen MR) is 96.5 cm³/mol. The predicted octanol–water partition coefficient (Wildman–Crippen LogP) is 1.97. The maximum atomic E-state index is 12.4. The Morgan fingerprint density at radius 1 is 1.07 bits per heavy atom. The highest BCUT2D eigenvalue weighted by atomic mass is 16.6. The number of rotatable bonds is 6. The molecule has 0 atom stereocenters. The van der Waals surface area contributed by atoms with Crippen LogP contribution in [0, 0.1) is 10.1 Å². The highest BCUT2D eigenvalue weighted by molar-refractivity contribution is 6.23. The van der Waals surface area contributed by atoms with Gasteiger partial charge in [-0.1, -0.05) is 6.07 Å². The second-order valence-corrected chi connectivity index (χ2v) is 5.96. The first-order valence-electron chi connectivity index (χ1n) is 8.36. The van der Waals surface area contributed by atoms with E-state index in [2.05, 4.69) is 4.74 Å². The van der Waals surface area contributed by atoms with E-state index in [0.29, 0.717) is 0 Å². The van der Waals surface area contributed by atoms with Crippen LogP contribution >= 0.6 is 0 Å². The second kappa shape index (κ2) is 7.89. The number of fused-ring (bicyclic) bond motifs is 1. The summed E-state index contributed by atoms with van der Waals surface area (Å²) < 4.78 is 9.67. The zero-order valence-electron chi connectivity index (χ0n) is 15.1. The number of benzene rings is 2. The summed E-state index contributed by atoms with van der Waals surface area (Å²) in [7, 11) is 1.24. The maximum Gasteiger partial charge on any atom is 0.337 e. The minimum atomic E-state index is -0.826. The number of methoxy groups -OCH3 is 1. The van der Waals surface area contributed by atoms with E-state index >= 15 is 0 Å². The molecule has 0 radical (unpaired) electrons. The molecule has 0 saturated carbocycles. The molecule has 0 fully saturated rings. The lowest BCUT2D eigenvalue weighted by Crippen LogP contribution is -2.32. The van der Waals surface area contributed by atoms with E-state index < -0.39 is 34.4 Å². The molecule has 0 saturated heterocycles. The van der Waals surface area contributed by atoms with Gasteiger partial charge in [0.15, 0.2) is 0 Å². The maximum absolute atomic E-state index is 12.4. The van der Waals surface area contributed by atoms with E-state index in [9.17, 15) is 29.3 Å². The Kier molecular flexibility index (Phi) is 5.35. The summed E-state index contributed by atoms with van der Waals surface area (Å²) in [4.78, 5) is 59.4. The van der Waals surface area contributed by atoms with Gasteiger partial charge in [-0.2, -0.15) is 0 Å². The Morgan fingerprint density at radius 2 is 1.76 bits per heavy atom. The first-order valence-corrected chi connectivity index (χ1v) is 8.36. The van der Waals surface area contributed by atoms with Crippen molar-refractivity contribution in [3.05, 3.63) is 69.3 Å². The fourth-order valence-electron chi connectivity index (χ4n) is 2.83. The van der Waals surface area contributed by atoms with Crippen molar-refractivity contribution in [2.45, 2.75) is 6.42 Å². The summed E-state index contributed by atoms with van der Waals surface area (Å²) in [6, 6.07) is 9.40. The van der Waals surface area contributed by atoms with Crippen LogP contribution in [0.15, 0.2) is 42.5 Å². The molecule has 10 nitrogen and oxygen atoms in total. The lowest BCUT2D eigenvalue weighted by molar-refractivity contribution is -0.385. The molecular formula is C19H14N2O8. The van der Waals surface area contributed by atoms with Crippen molar-refractivity contribution in [3.8, 4) is 5.75 Å². The van der Waals surface area contributed by atoms with Gasteiger partial charge in [0.1, 0.15) is 11.3 Å². The minimum Gasteiger partial charge on any atom is -0.465 e. The highest BCUT2D eigenvalue weighted by Crippen LogP contribution is 2.30. The van der Waals surface area contributed by atoms with Crippen LogP contribution in [-0.4, -0.2) is 47.2 Å². The number of nitro benzene ring substituents is 1. The molecule has 2 aromatic rings. The molecule has 0 spiro atoms. The highest BCUT2D eigenvalue weighted by Gasteiger charge is 2.40. The molecule has 29 heavy (non-hydrogen) atoms. The number of ether oxygens (including phenoxy) is 2. The van der Waals surface area contributed by atoms with Gasteiger partial charge < -0.3 is 9.47 Å². The summed E-state index contributed by atoms with van der Waals surface area (Å²) in [5, 5.41) is 11.1. The number of hydrogen-bond acceptors (Lipinski definition) is 8. The summed E-state index contributed by atoms with van der Waals surface area (Å²) in [5.41, 5.74) is -0.540. The zero-order valence-corrected chi connectivity index (χ0v) is 15.1. The van der Waals surface area contributed by atoms with Crippen molar-refractivity contribution in [2.24, 2.45) is 0 Å². The van der Waals surface area contributed by atoms with Crippen LogP contribution < -0.4 is 4.74 Å². The van der Waals surface area contributed by atoms with E-state index in [1.54, 1.807) is 0 Å². The number of carbonyl (C=O) groups excluding carboxylic acids is 4. The third-order valence-corrected chi connectivity index (χ3v) is 4.22. The van der Waals surface area contributed by atoms with Crippen LogP contribution in [0.3, 0.4) is 0 Å². The summed E-state index contributed by atoms with van der Waals surface area (Å²) >= 11 is 0. The van der Waals surface area contributed by atoms with Crippen molar-refractivity contribution in [1.82, 2.24) is 4.90 Å². The lowest BCUT2D eigenvalue weighted by Gasteiger charge is -2.13. The summed E-state index contributed by atoms with van der Waals surface area (Å²) in [6.07, 6.45) is -0.308. The summed E-state index contributed by atoms with van der Waals surface area (Å²) in [5.74, 6) is -2.62. The normalized spacial score (nSPS) is 12.5. The Hall–Kier alpha value is -4.08. The van der Waals surface area contributed by atoms with Gasteiger partial charge >= 0.3 is 11.9 Å². The molecule has 0 aliphatic carbocycles. The van der Waals surface area contributed by atoms with E-state index in [1.807, 2.05) is 0 Å². The minimum absolute atomic E-state index is 0.0732. The molecule has 3 rings (SSSR count). The molecule has 0 N–H and O–H groups in total. The average Bonchev–Trinajstić information content (AvgIpc) is 2.96. The Balaban J connectivity index is 1.64. The van der Waals surface area contributed by atoms with Crippen molar-refractivity contribution >= 4 is 29.4 Å². The smallest absolute Gasteiger partial charge is 0.337 e. The van der Waals surface area contributed by atoms with Crippen molar-refractivity contribution in [3.63, 3.8) is 0 Å². The topological polar surface area (TPSA) is 133 Å². The monoisotopic (exact) mass is 398 g/mol. The first kappa shape index (κ1) is 19.7. The number of esters is 2. The van der Waals surface area contributed by atoms with Gasteiger partial charge in [-0.05, 0) is 30.3 Å². The largest absolute Gasteiger partial charge is 0.465 e. The Bertz CT molecular complexity index is 1030. The number of nitrogens with zero attached hydrogens (tertiary/aromatic N) is 2. The van der Waals surface area contributed by atoms with Crippen LogP contribution in [0.2, 0.25) is 0 Å². The fourth-order valence-corrected chi connectivity index (χ4v) is 2.83. The SMILES string of the molecule is COC(=O)c1ccc(OC(=O)CCN2C(=O)c3cccc([N+](=O)[O-])c3C2=O)cc1. The van der Waals surface area contributed by atoms with Crippen molar-refractivity contribution < 1.29 is 33.6 Å². The number of hydrogen-bond donors (Lipinski definition) is 0. The second-order valence-electron chi connectivity index (χ2n) is 5.96. The molecule has 0 bridgehead atoms. The molecule has 1 aliphatic heterocycles. The zero-order chi connectivity index (χ0) is 21.1. The number of imide groups is 1.